The molecule has 0 aliphatic carbocycles. The molecule has 0 heterocycles. The van der Waals surface area contributed by atoms with Crippen molar-refractivity contribution in [2.75, 3.05) is 7.11 Å². The zero-order valence-electron chi connectivity index (χ0n) is 9.02. The normalized spacial score (nSPS) is 12.7. The van der Waals surface area contributed by atoms with Gasteiger partial charge in [0.1, 0.15) is 5.75 Å². The molecule has 0 aliphatic heterocycles. The van der Waals surface area contributed by atoms with Crippen molar-refractivity contribution in [3.63, 3.8) is 0 Å². The molecule has 2 N–H and O–H groups in total. The number of nitrogens with two attached hydrogens (primary N) is 1. The van der Waals surface area contributed by atoms with Crippen LogP contribution in [0, 0.1) is 13.8 Å². The van der Waals surface area contributed by atoms with Crippen molar-refractivity contribution >= 4 is 15.9 Å². The molecule has 1 atom stereocenters. The van der Waals surface area contributed by atoms with Crippen LogP contribution in [0.5, 0.6) is 5.75 Å². The number of methoxy groups -OCH3 is 1. The first kappa shape index (κ1) is 11.5. The van der Waals surface area contributed by atoms with Gasteiger partial charge < -0.3 is 10.5 Å². The number of aryl methyl sites for hydroxylation is 1. The number of benzene rings is 1. The molecule has 0 saturated heterocycles. The smallest absolute Gasteiger partial charge is 0.126 e. The maximum Gasteiger partial charge on any atom is 0.126 e. The Balaban J connectivity index is 3.48. The molecule has 0 bridgehead atoms. The highest BCUT2D eigenvalue weighted by molar-refractivity contribution is 9.10. The molecule has 1 aromatic carbocycles. The molecule has 0 aromatic heterocycles. The van der Waals surface area contributed by atoms with Gasteiger partial charge in [0.2, 0.25) is 0 Å². The van der Waals surface area contributed by atoms with Crippen molar-refractivity contribution in [1.29, 1.82) is 0 Å². The molecule has 0 fully saturated rings. The van der Waals surface area contributed by atoms with Crippen LogP contribution in [0.3, 0.4) is 0 Å². The van der Waals surface area contributed by atoms with Crippen molar-refractivity contribution in [2.24, 2.45) is 5.73 Å². The lowest BCUT2D eigenvalue weighted by Crippen LogP contribution is -2.10. The largest absolute Gasteiger partial charge is 0.496 e. The highest BCUT2D eigenvalue weighted by Crippen LogP contribution is 2.35. The lowest BCUT2D eigenvalue weighted by Gasteiger charge is -2.18. The molecule has 0 spiro atoms. The fourth-order valence-corrected chi connectivity index (χ4v) is 2.25. The molecule has 1 unspecified atom stereocenters. The minimum Gasteiger partial charge on any atom is -0.496 e. The number of halogens is 1. The first-order valence-electron chi connectivity index (χ1n) is 4.58. The van der Waals surface area contributed by atoms with Gasteiger partial charge in [-0.3, -0.25) is 0 Å². The first-order chi connectivity index (χ1) is 6.49. The Morgan fingerprint density at radius 2 is 2.00 bits per heavy atom. The maximum atomic E-state index is 5.93. The van der Waals surface area contributed by atoms with Crippen molar-refractivity contribution in [3.8, 4) is 5.75 Å². The van der Waals surface area contributed by atoms with Gasteiger partial charge in [0.05, 0.1) is 7.11 Å². The average molecular weight is 258 g/mol. The van der Waals surface area contributed by atoms with E-state index in [1.807, 2.05) is 20.8 Å². The van der Waals surface area contributed by atoms with E-state index in [0.29, 0.717) is 0 Å². The monoisotopic (exact) mass is 257 g/mol. The molecule has 0 saturated carbocycles. The van der Waals surface area contributed by atoms with Gasteiger partial charge in [-0.05, 0) is 38.0 Å². The molecule has 0 amide bonds. The molecule has 14 heavy (non-hydrogen) atoms. The molecule has 0 radical (unpaired) electrons. The molecule has 1 aromatic rings. The topological polar surface area (TPSA) is 35.2 Å². The van der Waals surface area contributed by atoms with Crippen LogP contribution in [0.25, 0.3) is 0 Å². The minimum absolute atomic E-state index is 0.0128. The number of hydrogen-bond acceptors (Lipinski definition) is 2. The van der Waals surface area contributed by atoms with Crippen molar-refractivity contribution < 1.29 is 4.74 Å². The molecule has 0 aliphatic rings. The van der Waals surface area contributed by atoms with E-state index in [-0.39, 0.29) is 6.04 Å². The third kappa shape index (κ3) is 1.93. The summed E-state index contributed by atoms with van der Waals surface area (Å²) >= 11 is 3.52. The third-order valence-electron chi connectivity index (χ3n) is 2.37. The Morgan fingerprint density at radius 1 is 1.43 bits per heavy atom. The van der Waals surface area contributed by atoms with Gasteiger partial charge in [-0.25, -0.2) is 0 Å². The van der Waals surface area contributed by atoms with Gasteiger partial charge in [-0.1, -0.05) is 15.9 Å². The SMILES string of the molecule is COc1c(C)cc(Br)c(C)c1C(C)N. The Labute approximate surface area is 93.6 Å². The van der Waals surface area contributed by atoms with Crippen LogP contribution in [0.2, 0.25) is 0 Å². The van der Waals surface area contributed by atoms with Crippen LogP contribution >= 0.6 is 15.9 Å². The summed E-state index contributed by atoms with van der Waals surface area (Å²) in [6.07, 6.45) is 0. The predicted octanol–water partition coefficient (Wildman–Crippen LogP) is 3.09. The zero-order valence-corrected chi connectivity index (χ0v) is 10.6. The van der Waals surface area contributed by atoms with Gasteiger partial charge in [0.25, 0.3) is 0 Å². The number of ether oxygens (including phenoxy) is 1. The summed E-state index contributed by atoms with van der Waals surface area (Å²) in [4.78, 5) is 0. The van der Waals surface area contributed by atoms with E-state index in [0.717, 1.165) is 26.9 Å². The van der Waals surface area contributed by atoms with E-state index in [9.17, 15) is 0 Å². The molecule has 78 valence electrons. The van der Waals surface area contributed by atoms with Crippen molar-refractivity contribution in [2.45, 2.75) is 26.8 Å². The highest BCUT2D eigenvalue weighted by Gasteiger charge is 2.15. The van der Waals surface area contributed by atoms with Gasteiger partial charge in [0.15, 0.2) is 0 Å². The van der Waals surface area contributed by atoms with Crippen molar-refractivity contribution in [3.05, 3.63) is 27.2 Å². The second-order valence-electron chi connectivity index (χ2n) is 3.54. The fraction of sp³-hybridized carbons (Fsp3) is 0.455. The van der Waals surface area contributed by atoms with Crippen LogP contribution in [-0.2, 0) is 0 Å². The van der Waals surface area contributed by atoms with E-state index in [1.165, 1.54) is 0 Å². The zero-order chi connectivity index (χ0) is 10.9. The average Bonchev–Trinajstić information content (AvgIpc) is 2.10. The van der Waals surface area contributed by atoms with Crippen LogP contribution < -0.4 is 10.5 Å². The highest BCUT2D eigenvalue weighted by atomic mass is 79.9. The van der Waals surface area contributed by atoms with E-state index in [4.69, 9.17) is 10.5 Å². The molecule has 2 nitrogen and oxygen atoms in total. The molecular formula is C11H16BrNO. The molecule has 3 heteroatoms. The standard InChI is InChI=1S/C11H16BrNO/c1-6-5-9(12)7(2)10(8(3)13)11(6)14-4/h5,8H,13H2,1-4H3. The van der Waals surface area contributed by atoms with E-state index in [2.05, 4.69) is 22.0 Å². The second kappa shape index (κ2) is 4.32. The van der Waals surface area contributed by atoms with Crippen molar-refractivity contribution in [1.82, 2.24) is 0 Å². The quantitative estimate of drug-likeness (QED) is 0.884. The maximum absolute atomic E-state index is 5.93. The molecular weight excluding hydrogens is 242 g/mol. The van der Waals surface area contributed by atoms with Crippen LogP contribution in [0.4, 0.5) is 0 Å². The van der Waals surface area contributed by atoms with Crippen LogP contribution in [-0.4, -0.2) is 7.11 Å². The third-order valence-corrected chi connectivity index (χ3v) is 3.19. The number of hydrogen-bond donors (Lipinski definition) is 1. The second-order valence-corrected chi connectivity index (χ2v) is 4.39. The van der Waals surface area contributed by atoms with Gasteiger partial charge in [-0.15, -0.1) is 0 Å². The molecule has 1 rings (SSSR count). The van der Waals surface area contributed by atoms with Gasteiger partial charge in [-0.2, -0.15) is 0 Å². The lowest BCUT2D eigenvalue weighted by molar-refractivity contribution is 0.403. The lowest BCUT2D eigenvalue weighted by atomic mass is 9.99. The predicted molar refractivity (Wildman–Crippen MR) is 62.8 cm³/mol. The van der Waals surface area contributed by atoms with Crippen LogP contribution in [0.1, 0.15) is 29.7 Å². The first-order valence-corrected chi connectivity index (χ1v) is 5.37. The van der Waals surface area contributed by atoms with E-state index >= 15 is 0 Å². The Morgan fingerprint density at radius 3 is 2.43 bits per heavy atom. The summed E-state index contributed by atoms with van der Waals surface area (Å²) in [5, 5.41) is 0. The summed E-state index contributed by atoms with van der Waals surface area (Å²) in [6.45, 7) is 6.04. The fourth-order valence-electron chi connectivity index (χ4n) is 1.69. The summed E-state index contributed by atoms with van der Waals surface area (Å²) in [5.41, 5.74) is 9.27. The summed E-state index contributed by atoms with van der Waals surface area (Å²) < 4.78 is 6.46. The summed E-state index contributed by atoms with van der Waals surface area (Å²) in [5.74, 6) is 0.903. The summed E-state index contributed by atoms with van der Waals surface area (Å²) in [6, 6.07) is 2.04. The van der Waals surface area contributed by atoms with Crippen LogP contribution in [0.15, 0.2) is 10.5 Å². The Kier molecular flexibility index (Phi) is 3.56. The minimum atomic E-state index is -0.0128. The van der Waals surface area contributed by atoms with E-state index in [1.54, 1.807) is 7.11 Å². The summed E-state index contributed by atoms with van der Waals surface area (Å²) in [7, 11) is 1.68. The Bertz CT molecular complexity index is 348. The number of rotatable bonds is 2. The van der Waals surface area contributed by atoms with Gasteiger partial charge in [0, 0.05) is 16.1 Å². The Hall–Kier alpha value is -0.540. The van der Waals surface area contributed by atoms with E-state index < -0.39 is 0 Å². The van der Waals surface area contributed by atoms with Gasteiger partial charge >= 0.3 is 0 Å².